The highest BCUT2D eigenvalue weighted by molar-refractivity contribution is 6.03. The minimum Gasteiger partial charge on any atom is -0.422 e. The number of nitrogen functional groups attached to an aromatic ring is 1. The van der Waals surface area contributed by atoms with E-state index in [-0.39, 0.29) is 16.5 Å². The van der Waals surface area contributed by atoms with Crippen molar-refractivity contribution in [3.05, 3.63) is 56.2 Å². The Hall–Kier alpha value is -2.93. The Labute approximate surface area is 116 Å². The second kappa shape index (κ2) is 4.57. The summed E-state index contributed by atoms with van der Waals surface area (Å²) in [6.07, 6.45) is 0. The molecule has 21 heavy (non-hydrogen) atoms. The summed E-state index contributed by atoms with van der Waals surface area (Å²) in [6.45, 7) is 1.77. The Kier molecular flexibility index (Phi) is 2.84. The lowest BCUT2D eigenvalue weighted by Crippen LogP contribution is -2.33. The van der Waals surface area contributed by atoms with Crippen LogP contribution in [0.4, 0.5) is 0 Å². The molecule has 0 atom stereocenters. The number of carbonyl (C=O) groups excluding carboxylic acids is 1. The number of benzene rings is 1. The molecule has 7 heteroatoms. The molecular formula is C14H10N2O5. The largest absolute Gasteiger partial charge is 0.422 e. The van der Waals surface area contributed by atoms with E-state index < -0.39 is 17.2 Å². The van der Waals surface area contributed by atoms with Crippen LogP contribution in [0, 0.1) is 6.92 Å². The zero-order valence-electron chi connectivity index (χ0n) is 10.9. The molecule has 2 heterocycles. The summed E-state index contributed by atoms with van der Waals surface area (Å²) in [5, 5.41) is 0.493. The van der Waals surface area contributed by atoms with Gasteiger partial charge in [0.05, 0.1) is 5.39 Å². The van der Waals surface area contributed by atoms with Crippen LogP contribution in [0.5, 0.6) is 0 Å². The molecule has 106 valence electrons. The van der Waals surface area contributed by atoms with E-state index in [4.69, 9.17) is 14.7 Å². The lowest BCUT2D eigenvalue weighted by Gasteiger charge is -2.04. The Balaban J connectivity index is 2.53. The van der Waals surface area contributed by atoms with Gasteiger partial charge in [0.15, 0.2) is 5.58 Å². The second-order valence-corrected chi connectivity index (χ2v) is 4.50. The van der Waals surface area contributed by atoms with Gasteiger partial charge in [0, 0.05) is 0 Å². The molecule has 3 aromatic rings. The number of carbonyl (C=O) groups is 1. The van der Waals surface area contributed by atoms with Gasteiger partial charge in [-0.05, 0) is 24.6 Å². The minimum absolute atomic E-state index is 0.00583. The summed E-state index contributed by atoms with van der Waals surface area (Å²) < 4.78 is 10.4. The second-order valence-electron chi connectivity index (χ2n) is 4.50. The van der Waals surface area contributed by atoms with Crippen molar-refractivity contribution < 1.29 is 13.6 Å². The molecule has 0 unspecified atom stereocenters. The van der Waals surface area contributed by atoms with Gasteiger partial charge in [-0.1, -0.05) is 12.1 Å². The molecule has 1 amide bonds. The quantitative estimate of drug-likeness (QED) is 0.225. The number of fused-ring (bicyclic) bond motifs is 3. The zero-order valence-corrected chi connectivity index (χ0v) is 10.9. The third kappa shape index (κ3) is 1.91. The van der Waals surface area contributed by atoms with Crippen molar-refractivity contribution in [2.45, 2.75) is 6.92 Å². The first kappa shape index (κ1) is 13.1. The summed E-state index contributed by atoms with van der Waals surface area (Å²) in [4.78, 5) is 35.4. The van der Waals surface area contributed by atoms with Gasteiger partial charge >= 0.3 is 11.3 Å². The maximum atomic E-state index is 12.0. The molecule has 0 fully saturated rings. The summed E-state index contributed by atoms with van der Waals surface area (Å²) in [6, 6.07) is 6.30. The maximum absolute atomic E-state index is 12.0. The lowest BCUT2D eigenvalue weighted by molar-refractivity contribution is 0.0950. The van der Waals surface area contributed by atoms with Crippen molar-refractivity contribution in [3.8, 4) is 0 Å². The molecular weight excluding hydrogens is 276 g/mol. The Morgan fingerprint density at radius 3 is 2.52 bits per heavy atom. The van der Waals surface area contributed by atoms with Crippen molar-refractivity contribution in [2.24, 2.45) is 5.84 Å². The van der Waals surface area contributed by atoms with Gasteiger partial charge < -0.3 is 8.83 Å². The highest BCUT2D eigenvalue weighted by Crippen LogP contribution is 2.24. The number of hydrogen-bond acceptors (Lipinski definition) is 6. The molecule has 2 aromatic heterocycles. The number of hydrazine groups is 1. The molecule has 1 aromatic carbocycles. The first-order valence-electron chi connectivity index (χ1n) is 6.04. The van der Waals surface area contributed by atoms with Crippen LogP contribution in [0.3, 0.4) is 0 Å². The van der Waals surface area contributed by atoms with Gasteiger partial charge in [-0.3, -0.25) is 10.2 Å². The standard InChI is InChI=1S/C14H10N2O5/c1-6-3-2-4-7-10(6)20-13(18)8-5-9(12(17)16-15)14(19)21-11(7)8/h2-5H,15H2,1H3,(H,16,17). The Morgan fingerprint density at radius 1 is 1.10 bits per heavy atom. The molecule has 0 saturated heterocycles. The van der Waals surface area contributed by atoms with Crippen LogP contribution in [0.25, 0.3) is 21.9 Å². The van der Waals surface area contributed by atoms with Gasteiger partial charge in [0.1, 0.15) is 16.5 Å². The molecule has 3 N–H and O–H groups in total. The van der Waals surface area contributed by atoms with Gasteiger partial charge in [-0.15, -0.1) is 0 Å². The number of para-hydroxylation sites is 1. The Morgan fingerprint density at radius 2 is 1.81 bits per heavy atom. The molecule has 0 aliphatic heterocycles. The van der Waals surface area contributed by atoms with Crippen molar-refractivity contribution in [3.63, 3.8) is 0 Å². The first-order valence-corrected chi connectivity index (χ1v) is 6.04. The van der Waals surface area contributed by atoms with Crippen molar-refractivity contribution in [1.29, 1.82) is 0 Å². The van der Waals surface area contributed by atoms with E-state index in [9.17, 15) is 14.4 Å². The van der Waals surface area contributed by atoms with Crippen LogP contribution < -0.4 is 22.5 Å². The van der Waals surface area contributed by atoms with Crippen LogP contribution in [-0.2, 0) is 0 Å². The van der Waals surface area contributed by atoms with Crippen LogP contribution in [0.1, 0.15) is 15.9 Å². The van der Waals surface area contributed by atoms with E-state index in [1.807, 2.05) is 5.43 Å². The summed E-state index contributed by atoms with van der Waals surface area (Å²) in [5.74, 6) is 4.15. The van der Waals surface area contributed by atoms with Gasteiger partial charge in [0.2, 0.25) is 0 Å². The number of hydrogen-bond donors (Lipinski definition) is 2. The highest BCUT2D eigenvalue weighted by atomic mass is 16.4. The smallest absolute Gasteiger partial charge is 0.349 e. The van der Waals surface area contributed by atoms with Gasteiger partial charge in [0.25, 0.3) is 5.91 Å². The van der Waals surface area contributed by atoms with Crippen molar-refractivity contribution >= 4 is 27.8 Å². The summed E-state index contributed by atoms with van der Waals surface area (Å²) >= 11 is 0. The van der Waals surface area contributed by atoms with E-state index in [1.54, 1.807) is 25.1 Å². The van der Waals surface area contributed by atoms with Gasteiger partial charge in [-0.25, -0.2) is 15.4 Å². The average Bonchev–Trinajstić information content (AvgIpc) is 2.47. The van der Waals surface area contributed by atoms with E-state index in [0.29, 0.717) is 11.0 Å². The third-order valence-electron chi connectivity index (χ3n) is 3.19. The van der Waals surface area contributed by atoms with E-state index in [2.05, 4.69) is 0 Å². The molecule has 0 spiro atoms. The van der Waals surface area contributed by atoms with Crippen LogP contribution in [0.15, 0.2) is 42.7 Å². The molecule has 0 bridgehead atoms. The normalized spacial score (nSPS) is 11.0. The van der Waals surface area contributed by atoms with Crippen LogP contribution in [-0.4, -0.2) is 5.91 Å². The SMILES string of the molecule is Cc1cccc2c1oc(=O)c1cc(C(=O)NN)c(=O)oc12. The topological polar surface area (TPSA) is 116 Å². The monoisotopic (exact) mass is 286 g/mol. The fourth-order valence-corrected chi connectivity index (χ4v) is 2.17. The summed E-state index contributed by atoms with van der Waals surface area (Å²) in [5.41, 5.74) is 1.06. The Bertz CT molecular complexity index is 1000. The van der Waals surface area contributed by atoms with E-state index >= 15 is 0 Å². The maximum Gasteiger partial charge on any atom is 0.349 e. The zero-order chi connectivity index (χ0) is 15.1. The highest BCUT2D eigenvalue weighted by Gasteiger charge is 2.17. The minimum atomic E-state index is -0.876. The first-order chi connectivity index (χ1) is 10.0. The molecule has 3 rings (SSSR count). The van der Waals surface area contributed by atoms with Crippen molar-refractivity contribution in [1.82, 2.24) is 5.43 Å². The number of amides is 1. The lowest BCUT2D eigenvalue weighted by atomic mass is 10.1. The van der Waals surface area contributed by atoms with E-state index in [1.165, 1.54) is 0 Å². The number of nitrogens with two attached hydrogens (primary N) is 1. The number of nitrogens with one attached hydrogen (secondary N) is 1. The molecule has 7 nitrogen and oxygen atoms in total. The molecule has 0 radical (unpaired) electrons. The summed E-state index contributed by atoms with van der Waals surface area (Å²) in [7, 11) is 0. The fourth-order valence-electron chi connectivity index (χ4n) is 2.17. The predicted molar refractivity (Wildman–Crippen MR) is 74.9 cm³/mol. The fraction of sp³-hybridized carbons (Fsp3) is 0.0714. The molecule has 0 aliphatic rings. The average molecular weight is 286 g/mol. The van der Waals surface area contributed by atoms with Crippen LogP contribution >= 0.6 is 0 Å². The number of rotatable bonds is 1. The number of aryl methyl sites for hydroxylation is 1. The van der Waals surface area contributed by atoms with Crippen LogP contribution in [0.2, 0.25) is 0 Å². The molecule has 0 saturated carbocycles. The molecule has 0 aliphatic carbocycles. The van der Waals surface area contributed by atoms with Gasteiger partial charge in [-0.2, -0.15) is 0 Å². The third-order valence-corrected chi connectivity index (χ3v) is 3.19. The van der Waals surface area contributed by atoms with Crippen molar-refractivity contribution in [2.75, 3.05) is 0 Å². The van der Waals surface area contributed by atoms with E-state index in [0.717, 1.165) is 11.6 Å². The predicted octanol–water partition coefficient (Wildman–Crippen LogP) is 0.811.